The Morgan fingerprint density at radius 3 is 1.60 bits per heavy atom. The fraction of sp³-hybridized carbons (Fsp3) is 0. The van der Waals surface area contributed by atoms with Crippen LogP contribution in [0, 0.1) is 35.1 Å². The molecule has 0 atom stereocenters. The Kier molecular flexibility index (Phi) is 3.60. The van der Waals surface area contributed by atoms with E-state index in [2.05, 4.69) is 9.02 Å². The fourth-order valence-corrected chi connectivity index (χ4v) is 2.06. The zero-order chi connectivity index (χ0) is 7.98. The first kappa shape index (κ1) is 8.39. The second-order valence-electron chi connectivity index (χ2n) is 1.15. The van der Waals surface area contributed by atoms with Crippen molar-refractivity contribution in [1.29, 1.82) is 10.5 Å². The first-order valence-electron chi connectivity index (χ1n) is 2.09. The minimum atomic E-state index is -2.00. The van der Waals surface area contributed by atoms with Gasteiger partial charge in [-0.15, -0.1) is 0 Å². The Morgan fingerprint density at radius 2 is 1.50 bits per heavy atom. The van der Waals surface area contributed by atoms with E-state index in [1.54, 1.807) is 11.4 Å². The Labute approximate surface area is 60.9 Å². The molecule has 0 aliphatic carbocycles. The molecule has 0 amide bonds. The van der Waals surface area contributed by atoms with Gasteiger partial charge in [0.25, 0.3) is 0 Å². The van der Waals surface area contributed by atoms with Gasteiger partial charge in [-0.05, 0) is 0 Å². The summed E-state index contributed by atoms with van der Waals surface area (Å²) < 4.78 is 5.89. The van der Waals surface area contributed by atoms with Gasteiger partial charge >= 0.3 is 16.1 Å². The number of nitriles is 2. The summed E-state index contributed by atoms with van der Waals surface area (Å²) in [5.41, 5.74) is 3.42. The second kappa shape index (κ2) is 4.29. The van der Waals surface area contributed by atoms with Crippen LogP contribution in [0.3, 0.4) is 0 Å². The maximum absolute atomic E-state index is 8.27. The summed E-state index contributed by atoms with van der Waals surface area (Å²) in [6.45, 7) is 13.0. The smallest absolute Gasteiger partial charge is 0.311 e. The predicted molar refractivity (Wildman–Crippen MR) is 35.9 cm³/mol. The monoisotopic (exact) mass is 160 g/mol. The molecule has 0 aliphatic rings. The average molecular weight is 160 g/mol. The Morgan fingerprint density at radius 1 is 1.10 bits per heavy atom. The van der Waals surface area contributed by atoms with E-state index in [0.29, 0.717) is 0 Å². The maximum Gasteiger partial charge on any atom is 0.924 e. The minimum Gasteiger partial charge on any atom is -0.311 e. The molecule has 0 spiro atoms. The van der Waals surface area contributed by atoms with Crippen LogP contribution in [0.5, 0.6) is 0 Å². The molecule has 0 aromatic rings. The number of nitrogens with zero attached hydrogens (tertiary/aromatic N) is 4. The van der Waals surface area contributed by atoms with Crippen LogP contribution in [0.4, 0.5) is 0 Å². The van der Waals surface area contributed by atoms with Gasteiger partial charge in [-0.3, -0.25) is 13.1 Å². The van der Waals surface area contributed by atoms with E-state index in [1.165, 1.54) is 0 Å². The number of rotatable bonds is 0. The topological polar surface area (TPSA) is 56.3 Å². The molecule has 0 aromatic carbocycles. The largest absolute Gasteiger partial charge is 0.924 e. The molecule has 6 heteroatoms. The third-order valence-electron chi connectivity index (χ3n) is 0.659. The summed E-state index contributed by atoms with van der Waals surface area (Å²) in [7, 11) is -3.96. The Balaban J connectivity index is 5.12. The Hall–Kier alpha value is -1.61. The lowest BCUT2D eigenvalue weighted by atomic mass is 11.7. The Bertz CT molecular complexity index is 262. The summed E-state index contributed by atoms with van der Waals surface area (Å²) in [6, 6.07) is 0. The zero-order valence-electron chi connectivity index (χ0n) is 4.79. The highest BCUT2D eigenvalue weighted by molar-refractivity contribution is 7.06. The molecule has 0 aromatic heterocycles. The van der Waals surface area contributed by atoms with Gasteiger partial charge < -0.3 is 9.02 Å². The lowest BCUT2D eigenvalue weighted by Gasteiger charge is -1.63. The molecule has 0 radical (unpaired) electrons. The predicted octanol–water partition coefficient (Wildman–Crippen LogP) is 0.0119. The molecule has 44 valence electrons. The van der Waals surface area contributed by atoms with E-state index in [1.807, 2.05) is 0 Å². The molecule has 0 aliphatic heterocycles. The van der Waals surface area contributed by atoms with Crippen molar-refractivity contribution < 1.29 is 0 Å². The summed E-state index contributed by atoms with van der Waals surface area (Å²) >= 11 is 0. The molecule has 0 unspecified atom stereocenters. The zero-order valence-corrected chi connectivity index (χ0v) is 6.79. The van der Waals surface area contributed by atoms with Crippen LogP contribution in [-0.2, 0) is 0 Å². The van der Waals surface area contributed by atoms with Crippen molar-refractivity contribution >= 4 is 16.1 Å². The van der Waals surface area contributed by atoms with Gasteiger partial charge in [0.1, 0.15) is 0 Å². The van der Waals surface area contributed by atoms with Crippen LogP contribution in [0.25, 0.3) is 9.02 Å². The fourth-order valence-electron chi connectivity index (χ4n) is 0.262. The van der Waals surface area contributed by atoms with Crippen molar-refractivity contribution in [1.82, 2.24) is 0 Å². The van der Waals surface area contributed by atoms with Gasteiger partial charge in [-0.25, -0.2) is 10.5 Å². The van der Waals surface area contributed by atoms with E-state index in [0.717, 1.165) is 0 Å². The van der Waals surface area contributed by atoms with Crippen LogP contribution >= 0.6 is 0 Å². The molecule has 0 rings (SSSR count). The van der Waals surface area contributed by atoms with Crippen molar-refractivity contribution in [2.45, 2.75) is 0 Å². The van der Waals surface area contributed by atoms with Gasteiger partial charge in [0, 0.05) is 0 Å². The number of hydrogen-bond donors (Lipinski definition) is 0. The average Bonchev–Trinajstić information content (AvgIpc) is 2.00. The normalized spacial score (nSPS) is 5.60. The van der Waals surface area contributed by atoms with Gasteiger partial charge in [0.15, 0.2) is 0 Å². The molecular weight excluding hydrogens is 160 g/mol. The third kappa shape index (κ3) is 1.72. The van der Waals surface area contributed by atoms with E-state index in [-0.39, 0.29) is 0 Å². The molecule has 0 fully saturated rings. The highest BCUT2D eigenvalue weighted by Crippen LogP contribution is 1.77. The van der Waals surface area contributed by atoms with Gasteiger partial charge in [0.05, 0.1) is 11.4 Å². The SMILES string of the molecule is [C-]#[N+][Si]([N+]#[C-])=[Si](C#N)C#N. The highest BCUT2D eigenvalue weighted by Gasteiger charge is 2.30. The molecule has 0 saturated heterocycles. The van der Waals surface area contributed by atoms with Crippen LogP contribution < -0.4 is 0 Å². The van der Waals surface area contributed by atoms with Crippen LogP contribution in [0.15, 0.2) is 0 Å². The summed E-state index contributed by atoms with van der Waals surface area (Å²) in [6.07, 6.45) is 0. The van der Waals surface area contributed by atoms with Crippen LogP contribution in [-0.4, -0.2) is 16.1 Å². The summed E-state index contributed by atoms with van der Waals surface area (Å²) in [4.78, 5) is 0. The first-order valence-corrected chi connectivity index (χ1v) is 5.99. The van der Waals surface area contributed by atoms with Gasteiger partial charge in [-0.1, -0.05) is 0 Å². The van der Waals surface area contributed by atoms with E-state index in [9.17, 15) is 0 Å². The maximum atomic E-state index is 8.27. The van der Waals surface area contributed by atoms with Gasteiger partial charge in [0.2, 0.25) is 0 Å². The van der Waals surface area contributed by atoms with Crippen LogP contribution in [0.1, 0.15) is 0 Å². The van der Waals surface area contributed by atoms with Crippen molar-refractivity contribution in [2.75, 3.05) is 0 Å². The van der Waals surface area contributed by atoms with E-state index < -0.39 is 16.1 Å². The van der Waals surface area contributed by atoms with Crippen molar-refractivity contribution in [3.8, 4) is 11.4 Å². The lowest BCUT2D eigenvalue weighted by molar-refractivity contribution is 1.55. The molecular formula is C4N4Si2. The second-order valence-corrected chi connectivity index (χ2v) is 6.28. The van der Waals surface area contributed by atoms with Crippen molar-refractivity contribution in [2.24, 2.45) is 0 Å². The summed E-state index contributed by atoms with van der Waals surface area (Å²) in [5.74, 6) is 0. The molecule has 0 heterocycles. The minimum absolute atomic E-state index is 1.71. The highest BCUT2D eigenvalue weighted by atomic mass is 28.9. The van der Waals surface area contributed by atoms with Gasteiger partial charge in [-0.2, -0.15) is 0 Å². The van der Waals surface area contributed by atoms with Crippen LogP contribution in [0.2, 0.25) is 0 Å². The standard InChI is InChI=1S/C4N4Si2/c1-7-10(8-2)9(3-5)4-6. The van der Waals surface area contributed by atoms with E-state index in [4.69, 9.17) is 23.7 Å². The van der Waals surface area contributed by atoms with Crippen molar-refractivity contribution in [3.05, 3.63) is 22.2 Å². The van der Waals surface area contributed by atoms with E-state index >= 15 is 0 Å². The third-order valence-corrected chi connectivity index (χ3v) is 4.66. The lowest BCUT2D eigenvalue weighted by Crippen LogP contribution is -2.07. The molecule has 4 nitrogen and oxygen atoms in total. The quantitative estimate of drug-likeness (QED) is 0.370. The summed E-state index contributed by atoms with van der Waals surface area (Å²) in [5, 5.41) is 16.5. The first-order chi connectivity index (χ1) is 4.79. The molecule has 0 N–H and O–H groups in total. The molecule has 0 bridgehead atoms. The molecule has 0 saturated carbocycles. The van der Waals surface area contributed by atoms with Crippen molar-refractivity contribution in [3.63, 3.8) is 0 Å². The molecule has 10 heavy (non-hydrogen) atoms. The number of hydrogen-bond acceptors (Lipinski definition) is 2.